The van der Waals surface area contributed by atoms with E-state index in [9.17, 15) is 13.2 Å². The van der Waals surface area contributed by atoms with Crippen LogP contribution in [0.15, 0.2) is 0 Å². The van der Waals surface area contributed by atoms with Crippen LogP contribution < -0.4 is 5.32 Å². The second kappa shape index (κ2) is 4.94. The van der Waals surface area contributed by atoms with Gasteiger partial charge in [0.25, 0.3) is 0 Å². The zero-order valence-corrected chi connectivity index (χ0v) is 9.84. The van der Waals surface area contributed by atoms with Crippen LogP contribution in [0.2, 0.25) is 0 Å². The van der Waals surface area contributed by atoms with Gasteiger partial charge in [0.15, 0.2) is 0 Å². The summed E-state index contributed by atoms with van der Waals surface area (Å²) in [4.78, 5) is 11.4. The third-order valence-corrected chi connectivity index (χ3v) is 4.34. The number of carbonyl (C=O) groups is 1. The molecule has 1 saturated heterocycles. The van der Waals surface area contributed by atoms with Gasteiger partial charge in [-0.1, -0.05) is 0 Å². The minimum atomic E-state index is -2.86. The third-order valence-electron chi connectivity index (χ3n) is 2.62. The van der Waals surface area contributed by atoms with E-state index in [1.807, 2.05) is 0 Å². The predicted octanol–water partition coefficient (Wildman–Crippen LogP) is -0.285. The highest BCUT2D eigenvalue weighted by Gasteiger charge is 2.25. The van der Waals surface area contributed by atoms with Gasteiger partial charge in [0.2, 0.25) is 5.91 Å². The first-order chi connectivity index (χ1) is 6.94. The molecule has 0 saturated carbocycles. The monoisotopic (exact) mass is 235 g/mol. The molecular weight excluding hydrogens is 218 g/mol. The summed E-state index contributed by atoms with van der Waals surface area (Å²) in [7, 11) is -1.39. The van der Waals surface area contributed by atoms with Gasteiger partial charge < -0.3 is 10.1 Å². The van der Waals surface area contributed by atoms with E-state index in [2.05, 4.69) is 5.32 Å². The van der Waals surface area contributed by atoms with Crippen LogP contribution in [-0.2, 0) is 19.4 Å². The molecule has 1 heterocycles. The largest absolute Gasteiger partial charge is 0.372 e. The fourth-order valence-electron chi connectivity index (χ4n) is 1.46. The van der Waals surface area contributed by atoms with Crippen molar-refractivity contribution in [2.24, 2.45) is 0 Å². The molecule has 0 spiro atoms. The van der Waals surface area contributed by atoms with E-state index in [-0.39, 0.29) is 23.5 Å². The summed E-state index contributed by atoms with van der Waals surface area (Å²) >= 11 is 0. The number of hydrogen-bond donors (Lipinski definition) is 1. The maximum Gasteiger partial charge on any atom is 0.249 e. The molecule has 1 atom stereocenters. The zero-order valence-electron chi connectivity index (χ0n) is 9.02. The first-order valence-electron chi connectivity index (χ1n) is 4.98. The molecule has 1 rings (SSSR count). The van der Waals surface area contributed by atoms with Gasteiger partial charge in [-0.3, -0.25) is 4.79 Å². The van der Waals surface area contributed by atoms with Crippen LogP contribution in [0.5, 0.6) is 0 Å². The van der Waals surface area contributed by atoms with E-state index in [0.717, 1.165) is 0 Å². The second-order valence-electron chi connectivity index (χ2n) is 3.81. The molecule has 5 nitrogen and oxygen atoms in total. The van der Waals surface area contributed by atoms with E-state index >= 15 is 0 Å². The van der Waals surface area contributed by atoms with Crippen molar-refractivity contribution < 1.29 is 17.9 Å². The normalized spacial score (nSPS) is 23.3. The lowest BCUT2D eigenvalue weighted by Crippen LogP contribution is -2.44. The Hall–Kier alpha value is -0.620. The SMILES string of the molecule is COC(C)C(=O)NC1CCS(=O)(=O)CC1. The van der Waals surface area contributed by atoms with Gasteiger partial charge in [-0.15, -0.1) is 0 Å². The minimum Gasteiger partial charge on any atom is -0.372 e. The van der Waals surface area contributed by atoms with E-state index in [1.54, 1.807) is 6.92 Å². The molecule has 0 aromatic heterocycles. The van der Waals surface area contributed by atoms with E-state index in [0.29, 0.717) is 12.8 Å². The Kier molecular flexibility index (Phi) is 4.10. The number of hydrogen-bond acceptors (Lipinski definition) is 4. The molecule has 1 amide bonds. The third kappa shape index (κ3) is 3.79. The average Bonchev–Trinajstić information content (AvgIpc) is 2.20. The van der Waals surface area contributed by atoms with Gasteiger partial charge in [-0.05, 0) is 19.8 Å². The van der Waals surface area contributed by atoms with Crippen LogP contribution in [0.3, 0.4) is 0 Å². The topological polar surface area (TPSA) is 72.5 Å². The average molecular weight is 235 g/mol. The minimum absolute atomic E-state index is 0.0291. The Bertz CT molecular complexity index is 311. The first kappa shape index (κ1) is 12.4. The number of amides is 1. The Morgan fingerprint density at radius 1 is 1.40 bits per heavy atom. The molecule has 88 valence electrons. The summed E-state index contributed by atoms with van der Waals surface area (Å²) in [6, 6.07) is -0.0291. The molecule has 1 N–H and O–H groups in total. The maximum absolute atomic E-state index is 11.4. The van der Waals surface area contributed by atoms with Gasteiger partial charge in [0.05, 0.1) is 11.5 Å². The maximum atomic E-state index is 11.4. The van der Waals surface area contributed by atoms with Crippen molar-refractivity contribution in [3.05, 3.63) is 0 Å². The van der Waals surface area contributed by atoms with Gasteiger partial charge in [-0.2, -0.15) is 0 Å². The Balaban J connectivity index is 2.39. The van der Waals surface area contributed by atoms with Crippen molar-refractivity contribution in [1.82, 2.24) is 5.32 Å². The molecule has 0 aromatic carbocycles. The molecule has 0 bridgehead atoms. The van der Waals surface area contributed by atoms with E-state index < -0.39 is 15.9 Å². The lowest BCUT2D eigenvalue weighted by atomic mass is 10.1. The molecular formula is C9H17NO4S. The summed E-state index contributed by atoms with van der Waals surface area (Å²) < 4.78 is 27.1. The quantitative estimate of drug-likeness (QED) is 0.730. The summed E-state index contributed by atoms with van der Waals surface area (Å²) in [6.45, 7) is 1.66. The van der Waals surface area contributed by atoms with Crippen LogP contribution in [0.1, 0.15) is 19.8 Å². The Morgan fingerprint density at radius 2 is 1.93 bits per heavy atom. The number of methoxy groups -OCH3 is 1. The first-order valence-corrected chi connectivity index (χ1v) is 6.80. The number of sulfone groups is 1. The van der Waals surface area contributed by atoms with Crippen molar-refractivity contribution in [2.45, 2.75) is 31.9 Å². The van der Waals surface area contributed by atoms with Gasteiger partial charge >= 0.3 is 0 Å². The summed E-state index contributed by atoms with van der Waals surface area (Å²) in [5, 5.41) is 2.78. The number of nitrogens with one attached hydrogen (secondary N) is 1. The second-order valence-corrected chi connectivity index (χ2v) is 6.12. The molecule has 6 heteroatoms. The number of rotatable bonds is 3. The molecule has 0 aliphatic carbocycles. The molecule has 1 unspecified atom stereocenters. The predicted molar refractivity (Wildman–Crippen MR) is 56.3 cm³/mol. The van der Waals surface area contributed by atoms with Gasteiger partial charge in [0.1, 0.15) is 15.9 Å². The molecule has 1 aliphatic heterocycles. The van der Waals surface area contributed by atoms with Crippen LogP contribution in [0.25, 0.3) is 0 Å². The van der Waals surface area contributed by atoms with Crippen molar-refractivity contribution >= 4 is 15.7 Å². The highest BCUT2D eigenvalue weighted by molar-refractivity contribution is 7.91. The smallest absolute Gasteiger partial charge is 0.249 e. The van der Waals surface area contributed by atoms with Crippen LogP contribution in [-0.4, -0.2) is 45.1 Å². The molecule has 15 heavy (non-hydrogen) atoms. The molecule has 1 fully saturated rings. The van der Waals surface area contributed by atoms with Crippen molar-refractivity contribution in [2.75, 3.05) is 18.6 Å². The Morgan fingerprint density at radius 3 is 2.40 bits per heavy atom. The fraction of sp³-hybridized carbons (Fsp3) is 0.889. The highest BCUT2D eigenvalue weighted by atomic mass is 32.2. The fourth-order valence-corrected chi connectivity index (χ4v) is 2.95. The highest BCUT2D eigenvalue weighted by Crippen LogP contribution is 2.12. The van der Waals surface area contributed by atoms with Crippen molar-refractivity contribution in [3.63, 3.8) is 0 Å². The number of ether oxygens (including phenoxy) is 1. The molecule has 1 aliphatic rings. The molecule has 0 radical (unpaired) electrons. The summed E-state index contributed by atoms with van der Waals surface area (Å²) in [5.74, 6) is 0.153. The van der Waals surface area contributed by atoms with Crippen molar-refractivity contribution in [1.29, 1.82) is 0 Å². The van der Waals surface area contributed by atoms with Gasteiger partial charge in [-0.25, -0.2) is 8.42 Å². The van der Waals surface area contributed by atoms with Crippen LogP contribution in [0.4, 0.5) is 0 Å². The summed E-state index contributed by atoms with van der Waals surface area (Å²) in [5.41, 5.74) is 0. The Labute approximate surface area is 90.1 Å². The van der Waals surface area contributed by atoms with E-state index in [1.165, 1.54) is 7.11 Å². The standard InChI is InChI=1S/C9H17NO4S/c1-7(14-2)9(11)10-8-3-5-15(12,13)6-4-8/h7-8H,3-6H2,1-2H3,(H,10,11). The summed E-state index contributed by atoms with van der Waals surface area (Å²) in [6.07, 6.45) is 0.526. The van der Waals surface area contributed by atoms with Crippen LogP contribution >= 0.6 is 0 Å². The molecule has 0 aromatic rings. The zero-order chi connectivity index (χ0) is 11.5. The van der Waals surface area contributed by atoms with Crippen LogP contribution in [0, 0.1) is 0 Å². The number of carbonyl (C=O) groups excluding carboxylic acids is 1. The lowest BCUT2D eigenvalue weighted by Gasteiger charge is -2.24. The lowest BCUT2D eigenvalue weighted by molar-refractivity contribution is -0.130. The van der Waals surface area contributed by atoms with Gasteiger partial charge in [0, 0.05) is 13.2 Å². The van der Waals surface area contributed by atoms with Crippen molar-refractivity contribution in [3.8, 4) is 0 Å². The van der Waals surface area contributed by atoms with E-state index in [4.69, 9.17) is 4.74 Å².